The molecule has 2 aromatic rings. The van der Waals surface area contributed by atoms with Crippen LogP contribution in [0.1, 0.15) is 18.1 Å². The Kier molecular flexibility index (Phi) is 5.86. The summed E-state index contributed by atoms with van der Waals surface area (Å²) < 4.78 is 9.94. The van der Waals surface area contributed by atoms with E-state index in [0.717, 1.165) is 11.1 Å². The lowest BCUT2D eigenvalue weighted by molar-refractivity contribution is 0.104. The van der Waals surface area contributed by atoms with Gasteiger partial charge in [0.2, 0.25) is 0 Å². The first-order valence-corrected chi connectivity index (χ1v) is 8.56. The molecular weight excluding hydrogens is 328 g/mol. The third-order valence-electron chi connectivity index (χ3n) is 3.29. The molecule has 0 saturated heterocycles. The average Bonchev–Trinajstić information content (AvgIpc) is 2.54. The Morgan fingerprint density at radius 2 is 2.04 bits per heavy atom. The molecule has 1 aromatic heterocycles. The van der Waals surface area contributed by atoms with Gasteiger partial charge >= 0.3 is 6.16 Å². The molecule has 0 spiro atoms. The molecule has 128 valence electrons. The molecule has 2 rings (SSSR count). The van der Waals surface area contributed by atoms with Crippen LogP contribution in [-0.4, -0.2) is 29.0 Å². The molecule has 8 heteroatoms. The SMILES string of the molecule is CCOC(=O)Oc1cnc(SC)nc1Nc1cc(C)c(C)cc1N. The predicted molar refractivity (Wildman–Crippen MR) is 95.1 cm³/mol. The standard InChI is InChI=1S/C16H20N4O3S/c1-5-22-16(21)23-13-8-18-15(24-4)20-14(13)19-12-7-10(3)9(2)6-11(12)17/h6-8H,5,17H2,1-4H3,(H,18,19,20). The van der Waals surface area contributed by atoms with Crippen molar-refractivity contribution in [1.29, 1.82) is 0 Å². The first-order valence-electron chi connectivity index (χ1n) is 7.34. The molecule has 0 atom stereocenters. The van der Waals surface area contributed by atoms with Crippen molar-refractivity contribution >= 4 is 35.1 Å². The van der Waals surface area contributed by atoms with Crippen molar-refractivity contribution in [1.82, 2.24) is 9.97 Å². The Bertz CT molecular complexity index is 752. The highest BCUT2D eigenvalue weighted by Gasteiger charge is 2.15. The Balaban J connectivity index is 2.36. The lowest BCUT2D eigenvalue weighted by atomic mass is 10.1. The normalized spacial score (nSPS) is 10.3. The Morgan fingerprint density at radius 3 is 2.71 bits per heavy atom. The first kappa shape index (κ1) is 17.9. The van der Waals surface area contributed by atoms with Crippen LogP contribution in [0, 0.1) is 13.8 Å². The molecule has 0 aliphatic carbocycles. The number of benzene rings is 1. The zero-order chi connectivity index (χ0) is 17.7. The van der Waals surface area contributed by atoms with Crippen molar-refractivity contribution in [2.75, 3.05) is 23.9 Å². The van der Waals surface area contributed by atoms with Crippen molar-refractivity contribution in [3.05, 3.63) is 29.5 Å². The van der Waals surface area contributed by atoms with Gasteiger partial charge in [-0.25, -0.2) is 14.8 Å². The zero-order valence-corrected chi connectivity index (χ0v) is 14.9. The first-order chi connectivity index (χ1) is 11.4. The van der Waals surface area contributed by atoms with Gasteiger partial charge in [0, 0.05) is 0 Å². The van der Waals surface area contributed by atoms with E-state index < -0.39 is 6.16 Å². The minimum absolute atomic E-state index is 0.170. The van der Waals surface area contributed by atoms with Crippen molar-refractivity contribution < 1.29 is 14.3 Å². The molecule has 0 unspecified atom stereocenters. The highest BCUT2D eigenvalue weighted by Crippen LogP contribution is 2.31. The number of carbonyl (C=O) groups excluding carboxylic acids is 1. The molecule has 24 heavy (non-hydrogen) atoms. The third kappa shape index (κ3) is 4.29. The summed E-state index contributed by atoms with van der Waals surface area (Å²) in [4.78, 5) is 20.0. The van der Waals surface area contributed by atoms with Gasteiger partial charge < -0.3 is 20.5 Å². The monoisotopic (exact) mass is 348 g/mol. The van der Waals surface area contributed by atoms with E-state index in [1.807, 2.05) is 32.2 Å². The summed E-state index contributed by atoms with van der Waals surface area (Å²) in [5, 5.41) is 3.65. The van der Waals surface area contributed by atoms with Crippen molar-refractivity contribution in [2.24, 2.45) is 0 Å². The smallest absolute Gasteiger partial charge is 0.434 e. The Hall–Kier alpha value is -2.48. The molecule has 0 fully saturated rings. The second kappa shape index (κ2) is 7.87. The quantitative estimate of drug-likeness (QED) is 0.365. The van der Waals surface area contributed by atoms with E-state index >= 15 is 0 Å². The minimum Gasteiger partial charge on any atom is -0.434 e. The molecular formula is C16H20N4O3S. The van der Waals surface area contributed by atoms with Gasteiger partial charge in [-0.1, -0.05) is 11.8 Å². The Morgan fingerprint density at radius 1 is 1.33 bits per heavy atom. The maximum atomic E-state index is 11.6. The second-order valence-corrected chi connectivity index (χ2v) is 5.78. The van der Waals surface area contributed by atoms with E-state index in [1.54, 1.807) is 6.92 Å². The number of nitrogens with two attached hydrogens (primary N) is 1. The largest absolute Gasteiger partial charge is 0.514 e. The third-order valence-corrected chi connectivity index (χ3v) is 3.85. The van der Waals surface area contributed by atoms with E-state index in [1.165, 1.54) is 18.0 Å². The van der Waals surface area contributed by atoms with Crippen molar-refractivity contribution in [3.63, 3.8) is 0 Å². The van der Waals surface area contributed by atoms with E-state index in [0.29, 0.717) is 22.3 Å². The molecule has 0 amide bonds. The summed E-state index contributed by atoms with van der Waals surface area (Å²) in [5.74, 6) is 0.515. The number of nitrogen functional groups attached to an aromatic ring is 1. The van der Waals surface area contributed by atoms with Crippen LogP contribution in [-0.2, 0) is 4.74 Å². The van der Waals surface area contributed by atoms with Crippen LogP contribution in [0.25, 0.3) is 0 Å². The fourth-order valence-electron chi connectivity index (χ4n) is 1.93. The van der Waals surface area contributed by atoms with Crippen LogP contribution in [0.3, 0.4) is 0 Å². The molecule has 0 bridgehead atoms. The van der Waals surface area contributed by atoms with Gasteiger partial charge in [-0.3, -0.25) is 0 Å². The Labute approximate surface area is 145 Å². The fraction of sp³-hybridized carbons (Fsp3) is 0.312. The number of hydrogen-bond acceptors (Lipinski definition) is 8. The number of hydrogen-bond donors (Lipinski definition) is 2. The highest BCUT2D eigenvalue weighted by atomic mass is 32.2. The molecule has 1 aromatic carbocycles. The molecule has 0 saturated carbocycles. The summed E-state index contributed by atoms with van der Waals surface area (Å²) in [6, 6.07) is 3.79. The summed E-state index contributed by atoms with van der Waals surface area (Å²) >= 11 is 1.38. The van der Waals surface area contributed by atoms with Gasteiger partial charge in [0.1, 0.15) is 0 Å². The molecule has 1 heterocycles. The summed E-state index contributed by atoms with van der Waals surface area (Å²) in [6.45, 7) is 5.89. The molecule has 3 N–H and O–H groups in total. The van der Waals surface area contributed by atoms with Gasteiger partial charge in [0.15, 0.2) is 16.7 Å². The van der Waals surface area contributed by atoms with Crippen molar-refractivity contribution in [2.45, 2.75) is 25.9 Å². The second-order valence-electron chi connectivity index (χ2n) is 5.00. The number of nitrogens with one attached hydrogen (secondary N) is 1. The molecule has 0 aliphatic heterocycles. The number of ether oxygens (including phenoxy) is 2. The summed E-state index contributed by atoms with van der Waals surface area (Å²) in [6.07, 6.45) is 2.47. The van der Waals surface area contributed by atoms with Crippen LogP contribution in [0.15, 0.2) is 23.5 Å². The fourth-order valence-corrected chi connectivity index (χ4v) is 2.27. The lowest BCUT2D eigenvalue weighted by Gasteiger charge is -2.14. The van der Waals surface area contributed by atoms with Gasteiger partial charge in [0.05, 0.1) is 24.2 Å². The van der Waals surface area contributed by atoms with E-state index in [2.05, 4.69) is 15.3 Å². The van der Waals surface area contributed by atoms with E-state index in [9.17, 15) is 4.79 Å². The molecule has 0 radical (unpaired) electrons. The van der Waals surface area contributed by atoms with Crippen LogP contribution in [0.4, 0.5) is 22.0 Å². The number of rotatable bonds is 5. The van der Waals surface area contributed by atoms with Crippen LogP contribution in [0.2, 0.25) is 0 Å². The molecule has 0 aliphatic rings. The number of anilines is 3. The van der Waals surface area contributed by atoms with Gasteiger partial charge in [-0.05, 0) is 50.3 Å². The van der Waals surface area contributed by atoms with Crippen molar-refractivity contribution in [3.8, 4) is 5.75 Å². The number of aryl methyl sites for hydroxylation is 2. The zero-order valence-electron chi connectivity index (χ0n) is 14.0. The summed E-state index contributed by atoms with van der Waals surface area (Å²) in [5.41, 5.74) is 9.49. The number of carbonyl (C=O) groups is 1. The molecule has 7 nitrogen and oxygen atoms in total. The van der Waals surface area contributed by atoms with Crippen LogP contribution >= 0.6 is 11.8 Å². The number of thioether (sulfide) groups is 1. The number of nitrogens with zero attached hydrogens (tertiary/aromatic N) is 2. The maximum Gasteiger partial charge on any atom is 0.514 e. The summed E-state index contributed by atoms with van der Waals surface area (Å²) in [7, 11) is 0. The van der Waals surface area contributed by atoms with Gasteiger partial charge in [0.25, 0.3) is 0 Å². The minimum atomic E-state index is -0.811. The van der Waals surface area contributed by atoms with Gasteiger partial charge in [-0.2, -0.15) is 0 Å². The van der Waals surface area contributed by atoms with Gasteiger partial charge in [-0.15, -0.1) is 0 Å². The highest BCUT2D eigenvalue weighted by molar-refractivity contribution is 7.98. The van der Waals surface area contributed by atoms with E-state index in [4.69, 9.17) is 15.2 Å². The van der Waals surface area contributed by atoms with Crippen LogP contribution < -0.4 is 15.8 Å². The topological polar surface area (TPSA) is 99.4 Å². The maximum absolute atomic E-state index is 11.6. The van der Waals surface area contributed by atoms with Crippen LogP contribution in [0.5, 0.6) is 5.75 Å². The van der Waals surface area contributed by atoms with E-state index in [-0.39, 0.29) is 12.4 Å². The lowest BCUT2D eigenvalue weighted by Crippen LogP contribution is -2.12. The predicted octanol–water partition coefficient (Wildman–Crippen LogP) is 3.68. The number of aromatic nitrogens is 2. The average molecular weight is 348 g/mol.